The molecule has 1 heterocycles. The quantitative estimate of drug-likeness (QED) is 0.276. The molecule has 4 rings (SSSR count). The molecule has 0 aliphatic carbocycles. The van der Waals surface area contributed by atoms with Crippen molar-refractivity contribution >= 4 is 56.1 Å². The van der Waals surface area contributed by atoms with E-state index in [1.807, 2.05) is 66.0 Å². The van der Waals surface area contributed by atoms with Gasteiger partial charge in [0.25, 0.3) is 0 Å². The van der Waals surface area contributed by atoms with Crippen LogP contribution in [-0.4, -0.2) is 17.7 Å². The minimum absolute atomic E-state index is 0.307. The third-order valence-corrected chi connectivity index (χ3v) is 5.72. The zero-order valence-corrected chi connectivity index (χ0v) is 18.0. The fourth-order valence-corrected chi connectivity index (χ4v) is 4.52. The molecule has 30 heavy (non-hydrogen) atoms. The average molecular weight is 433 g/mol. The maximum absolute atomic E-state index is 12.7. The van der Waals surface area contributed by atoms with Crippen LogP contribution < -0.4 is 10.6 Å². The molecule has 6 heteroatoms. The van der Waals surface area contributed by atoms with Gasteiger partial charge in [-0.05, 0) is 36.2 Å². The lowest BCUT2D eigenvalue weighted by Gasteiger charge is -2.13. The first-order valence-electron chi connectivity index (χ1n) is 9.57. The highest BCUT2D eigenvalue weighted by molar-refractivity contribution is 7.80. The summed E-state index contributed by atoms with van der Waals surface area (Å²) >= 11 is 6.98. The summed E-state index contributed by atoms with van der Waals surface area (Å²) in [5.41, 5.74) is 3.19. The second-order valence-corrected chi connectivity index (χ2v) is 7.83. The molecular weight excluding hydrogens is 412 g/mol. The highest BCUT2D eigenvalue weighted by Crippen LogP contribution is 2.36. The van der Waals surface area contributed by atoms with Crippen molar-refractivity contribution < 1.29 is 9.53 Å². The van der Waals surface area contributed by atoms with Crippen LogP contribution in [0.1, 0.15) is 17.3 Å². The molecule has 4 aromatic rings. The van der Waals surface area contributed by atoms with Crippen molar-refractivity contribution in [3.63, 3.8) is 0 Å². The highest BCUT2D eigenvalue weighted by atomic mass is 32.1. The van der Waals surface area contributed by atoms with Gasteiger partial charge in [0.15, 0.2) is 5.11 Å². The molecule has 0 aliphatic rings. The van der Waals surface area contributed by atoms with Gasteiger partial charge < -0.3 is 15.4 Å². The predicted octanol–water partition coefficient (Wildman–Crippen LogP) is 6.55. The van der Waals surface area contributed by atoms with Crippen LogP contribution in [0.3, 0.4) is 0 Å². The Morgan fingerprint density at radius 3 is 2.50 bits per heavy atom. The smallest absolute Gasteiger partial charge is 0.341 e. The van der Waals surface area contributed by atoms with E-state index in [0.29, 0.717) is 22.3 Å². The molecule has 0 atom stereocenters. The first-order chi connectivity index (χ1) is 14.7. The van der Waals surface area contributed by atoms with Crippen LogP contribution in [0.5, 0.6) is 0 Å². The summed E-state index contributed by atoms with van der Waals surface area (Å²) in [7, 11) is 0. The average Bonchev–Trinajstić information content (AvgIpc) is 3.18. The number of rotatable bonds is 5. The molecule has 3 aromatic carbocycles. The second-order valence-electron chi connectivity index (χ2n) is 6.55. The first kappa shape index (κ1) is 20.1. The zero-order chi connectivity index (χ0) is 20.9. The maximum Gasteiger partial charge on any atom is 0.341 e. The van der Waals surface area contributed by atoms with Crippen LogP contribution in [0.4, 0.5) is 10.7 Å². The second kappa shape index (κ2) is 9.07. The van der Waals surface area contributed by atoms with Gasteiger partial charge in [0.05, 0.1) is 6.61 Å². The van der Waals surface area contributed by atoms with Crippen molar-refractivity contribution in [2.75, 3.05) is 17.2 Å². The molecule has 0 radical (unpaired) electrons. The van der Waals surface area contributed by atoms with Gasteiger partial charge in [0.1, 0.15) is 10.6 Å². The number of hydrogen-bond donors (Lipinski definition) is 2. The molecular formula is C24H20N2O2S2. The summed E-state index contributed by atoms with van der Waals surface area (Å²) < 4.78 is 5.31. The van der Waals surface area contributed by atoms with E-state index in [4.69, 9.17) is 17.0 Å². The summed E-state index contributed by atoms with van der Waals surface area (Å²) in [4.78, 5) is 12.7. The number of fused-ring (bicyclic) bond motifs is 1. The number of carbonyl (C=O) groups is 1. The van der Waals surface area contributed by atoms with E-state index in [-0.39, 0.29) is 5.97 Å². The number of esters is 1. The van der Waals surface area contributed by atoms with Crippen LogP contribution >= 0.6 is 23.6 Å². The molecule has 0 amide bonds. The number of nitrogens with one attached hydrogen (secondary N) is 2. The lowest BCUT2D eigenvalue weighted by atomic mass is 10.0. The Balaban J connectivity index is 1.63. The lowest BCUT2D eigenvalue weighted by molar-refractivity contribution is 0.0529. The summed E-state index contributed by atoms with van der Waals surface area (Å²) in [6.45, 7) is 2.10. The highest BCUT2D eigenvalue weighted by Gasteiger charge is 2.22. The van der Waals surface area contributed by atoms with E-state index in [9.17, 15) is 4.79 Å². The zero-order valence-electron chi connectivity index (χ0n) is 16.3. The van der Waals surface area contributed by atoms with E-state index in [0.717, 1.165) is 27.6 Å². The van der Waals surface area contributed by atoms with Crippen LogP contribution in [0, 0.1) is 0 Å². The van der Waals surface area contributed by atoms with Gasteiger partial charge in [-0.1, -0.05) is 66.7 Å². The molecule has 1 aromatic heterocycles. The van der Waals surface area contributed by atoms with E-state index in [2.05, 4.69) is 22.8 Å². The normalized spacial score (nSPS) is 10.6. The van der Waals surface area contributed by atoms with Crippen molar-refractivity contribution in [3.05, 3.63) is 83.7 Å². The van der Waals surface area contributed by atoms with E-state index in [1.54, 1.807) is 6.92 Å². The van der Waals surface area contributed by atoms with Gasteiger partial charge in [-0.15, -0.1) is 11.3 Å². The Kier molecular flexibility index (Phi) is 6.07. The van der Waals surface area contributed by atoms with Crippen molar-refractivity contribution in [2.24, 2.45) is 0 Å². The van der Waals surface area contributed by atoms with Crippen molar-refractivity contribution in [1.29, 1.82) is 0 Å². The summed E-state index contributed by atoms with van der Waals surface area (Å²) in [5.74, 6) is -0.368. The van der Waals surface area contributed by atoms with Crippen LogP contribution in [0.2, 0.25) is 0 Å². The Morgan fingerprint density at radius 2 is 1.70 bits per heavy atom. The van der Waals surface area contributed by atoms with E-state index in [1.165, 1.54) is 11.3 Å². The topological polar surface area (TPSA) is 50.4 Å². The van der Waals surface area contributed by atoms with Gasteiger partial charge in [-0.25, -0.2) is 4.79 Å². The molecule has 0 bridgehead atoms. The molecule has 4 nitrogen and oxygen atoms in total. The van der Waals surface area contributed by atoms with Crippen molar-refractivity contribution in [2.45, 2.75) is 6.92 Å². The SMILES string of the molecule is CCOC(=O)c1c(-c2ccccc2)csc1NC(=S)Nc1cccc2ccccc12. The molecule has 0 spiro atoms. The van der Waals surface area contributed by atoms with Crippen molar-refractivity contribution in [3.8, 4) is 11.1 Å². The summed E-state index contributed by atoms with van der Waals surface area (Å²) in [6, 6.07) is 23.9. The van der Waals surface area contributed by atoms with Crippen LogP contribution in [0.25, 0.3) is 21.9 Å². The third kappa shape index (κ3) is 4.20. The number of thiophene rings is 1. The van der Waals surface area contributed by atoms with Crippen LogP contribution in [0.15, 0.2) is 78.2 Å². The maximum atomic E-state index is 12.7. The van der Waals surface area contributed by atoms with Crippen molar-refractivity contribution in [1.82, 2.24) is 0 Å². The fourth-order valence-electron chi connectivity index (χ4n) is 3.28. The predicted molar refractivity (Wildman–Crippen MR) is 130 cm³/mol. The lowest BCUT2D eigenvalue weighted by Crippen LogP contribution is -2.20. The number of carbonyl (C=O) groups excluding carboxylic acids is 1. The number of benzene rings is 3. The van der Waals surface area contributed by atoms with E-state index >= 15 is 0 Å². The van der Waals surface area contributed by atoms with Gasteiger partial charge >= 0.3 is 5.97 Å². The summed E-state index contributed by atoms with van der Waals surface area (Å²) in [6.07, 6.45) is 0. The number of hydrogen-bond acceptors (Lipinski definition) is 4. The number of anilines is 2. The minimum Gasteiger partial charge on any atom is -0.462 e. The number of thiocarbonyl (C=S) groups is 1. The molecule has 2 N–H and O–H groups in total. The van der Waals surface area contributed by atoms with Gasteiger partial charge in [0.2, 0.25) is 0 Å². The molecule has 0 saturated carbocycles. The van der Waals surface area contributed by atoms with E-state index < -0.39 is 0 Å². The molecule has 150 valence electrons. The first-order valence-corrected chi connectivity index (χ1v) is 10.9. The monoisotopic (exact) mass is 432 g/mol. The van der Waals surface area contributed by atoms with Gasteiger partial charge in [-0.3, -0.25) is 0 Å². The fraction of sp³-hybridized carbons (Fsp3) is 0.0833. The number of ether oxygens (including phenoxy) is 1. The Bertz CT molecular complexity index is 1200. The van der Waals surface area contributed by atoms with Gasteiger partial charge in [-0.2, -0.15) is 0 Å². The molecule has 0 saturated heterocycles. The van der Waals surface area contributed by atoms with Gasteiger partial charge in [0, 0.05) is 22.0 Å². The standard InChI is InChI=1S/C24H20N2O2S2/c1-2-28-23(27)21-19(17-9-4-3-5-10-17)15-30-22(21)26-24(29)25-20-14-8-12-16-11-6-7-13-18(16)20/h3-15H,2H2,1H3,(H2,25,26,29). The molecule has 0 aliphatic heterocycles. The third-order valence-electron chi connectivity index (χ3n) is 4.62. The Labute approximate surface area is 184 Å². The minimum atomic E-state index is -0.368. The largest absolute Gasteiger partial charge is 0.462 e. The van der Waals surface area contributed by atoms with Crippen LogP contribution in [-0.2, 0) is 4.74 Å². The Morgan fingerprint density at radius 1 is 0.967 bits per heavy atom. The molecule has 0 unspecified atom stereocenters. The Hall–Kier alpha value is -3.22. The molecule has 0 fully saturated rings. The summed E-state index contributed by atoms with van der Waals surface area (Å²) in [5, 5.41) is 11.7.